The fourth-order valence-corrected chi connectivity index (χ4v) is 4.97. The maximum atomic E-state index is 15.7. The van der Waals surface area contributed by atoms with Crippen LogP contribution in [0.1, 0.15) is 48.5 Å². The maximum absolute atomic E-state index is 15.7. The molecule has 1 aliphatic heterocycles. The van der Waals surface area contributed by atoms with E-state index in [0.717, 1.165) is 12.1 Å². The zero-order valence-corrected chi connectivity index (χ0v) is 21.2. The first-order chi connectivity index (χ1) is 18.1. The number of carbonyl (C=O) groups is 1. The van der Waals surface area contributed by atoms with Crippen molar-refractivity contribution in [1.29, 1.82) is 0 Å². The Kier molecular flexibility index (Phi) is 8.22. The van der Waals surface area contributed by atoms with Crippen LogP contribution in [-0.4, -0.2) is 47.7 Å². The van der Waals surface area contributed by atoms with Crippen LogP contribution in [0, 0.1) is 41.6 Å². The molecule has 200 valence electrons. The highest BCUT2D eigenvalue weighted by Crippen LogP contribution is 2.41. The fourth-order valence-electron chi connectivity index (χ4n) is 4.97. The fraction of sp³-hybridized carbons (Fsp3) is 0.379. The normalized spacial score (nSPS) is 16.1. The number of fused-ring (bicyclic) bond motifs is 1. The highest BCUT2D eigenvalue weighted by molar-refractivity contribution is 5.85. The van der Waals surface area contributed by atoms with Gasteiger partial charge in [0, 0.05) is 30.2 Å². The van der Waals surface area contributed by atoms with E-state index in [1.54, 1.807) is 31.3 Å². The van der Waals surface area contributed by atoms with E-state index in [1.807, 2.05) is 4.90 Å². The van der Waals surface area contributed by atoms with Crippen LogP contribution >= 0.6 is 0 Å². The van der Waals surface area contributed by atoms with Crippen LogP contribution in [0.5, 0.6) is 5.75 Å². The smallest absolute Gasteiger partial charge is 0.309 e. The molecule has 38 heavy (non-hydrogen) atoms. The van der Waals surface area contributed by atoms with Gasteiger partial charge in [-0.25, -0.2) is 17.6 Å². The molecule has 0 saturated carbocycles. The van der Waals surface area contributed by atoms with Gasteiger partial charge >= 0.3 is 5.97 Å². The number of alkyl halides is 1. The van der Waals surface area contributed by atoms with E-state index in [2.05, 4.69) is 16.8 Å². The molecule has 0 radical (unpaired) electrons. The zero-order valence-electron chi connectivity index (χ0n) is 21.2. The molecule has 3 aromatic rings. The number of aliphatic carboxylic acids is 1. The first kappa shape index (κ1) is 27.4. The molecule has 0 spiro atoms. The summed E-state index contributed by atoms with van der Waals surface area (Å²) in [6.07, 6.45) is 1.11. The number of benzene rings is 2. The van der Waals surface area contributed by atoms with Crippen molar-refractivity contribution in [3.05, 3.63) is 70.7 Å². The van der Waals surface area contributed by atoms with Gasteiger partial charge in [-0.1, -0.05) is 11.8 Å². The zero-order chi connectivity index (χ0) is 27.4. The molecule has 0 bridgehead atoms. The van der Waals surface area contributed by atoms with Gasteiger partial charge in [0.25, 0.3) is 0 Å². The first-order valence-electron chi connectivity index (χ1n) is 12.3. The predicted octanol–water partition coefficient (Wildman–Crippen LogP) is 5.98. The summed E-state index contributed by atoms with van der Waals surface area (Å²) in [5.41, 5.74) is 0.783. The third kappa shape index (κ3) is 5.76. The van der Waals surface area contributed by atoms with E-state index >= 15 is 4.39 Å². The lowest BCUT2D eigenvalue weighted by Crippen LogP contribution is -2.44. The molecule has 4 rings (SSSR count). The molecule has 1 saturated heterocycles. The van der Waals surface area contributed by atoms with Crippen LogP contribution in [0.4, 0.5) is 17.6 Å². The summed E-state index contributed by atoms with van der Waals surface area (Å²) in [5, 5.41) is 10.7. The molecule has 0 unspecified atom stereocenters. The number of carboxylic acids is 1. The van der Waals surface area contributed by atoms with E-state index in [0.29, 0.717) is 53.7 Å². The topological polar surface area (TPSA) is 62.7 Å². The van der Waals surface area contributed by atoms with Gasteiger partial charge in [0.1, 0.15) is 11.9 Å². The number of carboxylic acid groups (broad SMARTS) is 1. The Morgan fingerprint density at radius 3 is 2.50 bits per heavy atom. The van der Waals surface area contributed by atoms with Crippen molar-refractivity contribution in [2.45, 2.75) is 38.8 Å². The Bertz CT molecular complexity index is 1390. The molecule has 1 aliphatic rings. The summed E-state index contributed by atoms with van der Waals surface area (Å²) in [4.78, 5) is 18.6. The second-order valence-corrected chi connectivity index (χ2v) is 9.66. The second kappa shape index (κ2) is 11.4. The summed E-state index contributed by atoms with van der Waals surface area (Å²) in [7, 11) is 1.54. The predicted molar refractivity (Wildman–Crippen MR) is 135 cm³/mol. The Morgan fingerprint density at radius 2 is 1.87 bits per heavy atom. The molecule has 1 atom stereocenters. The third-order valence-electron chi connectivity index (χ3n) is 7.29. The molecule has 2 aromatic carbocycles. The lowest BCUT2D eigenvalue weighted by molar-refractivity contribution is -0.152. The summed E-state index contributed by atoms with van der Waals surface area (Å²) in [5.74, 6) is 0.895. The van der Waals surface area contributed by atoms with Crippen molar-refractivity contribution in [3.8, 4) is 17.6 Å². The van der Waals surface area contributed by atoms with Crippen molar-refractivity contribution in [2.24, 2.45) is 5.41 Å². The average Bonchev–Trinajstić information content (AvgIpc) is 2.90. The summed E-state index contributed by atoms with van der Waals surface area (Å²) in [6.45, 7) is 2.90. The Morgan fingerprint density at radius 1 is 1.18 bits per heavy atom. The van der Waals surface area contributed by atoms with E-state index in [-0.39, 0.29) is 24.9 Å². The summed E-state index contributed by atoms with van der Waals surface area (Å²) in [6, 6.07) is 6.93. The minimum absolute atomic E-state index is 0.0174. The van der Waals surface area contributed by atoms with E-state index in [1.165, 1.54) is 7.11 Å². The number of methoxy groups -OCH3 is 1. The molecule has 1 N–H and O–H groups in total. The summed E-state index contributed by atoms with van der Waals surface area (Å²) >= 11 is 0. The van der Waals surface area contributed by atoms with E-state index < -0.39 is 35.0 Å². The lowest BCUT2D eigenvalue weighted by atomic mass is 9.74. The van der Waals surface area contributed by atoms with Crippen molar-refractivity contribution >= 4 is 16.9 Å². The number of aromatic nitrogens is 1. The molecular weight excluding hydrogens is 500 g/mol. The van der Waals surface area contributed by atoms with Gasteiger partial charge in [-0.05, 0) is 74.1 Å². The van der Waals surface area contributed by atoms with Crippen molar-refractivity contribution < 1.29 is 32.2 Å². The SMILES string of the molecule is COc1ccc2ncc(C)c([C@H](F)CCC3(C(=O)O)CCN(CC#Cc4cc(F)c(F)c(F)c4)CC3)c2c1. The van der Waals surface area contributed by atoms with Gasteiger partial charge in [-0.3, -0.25) is 14.7 Å². The van der Waals surface area contributed by atoms with Crippen LogP contribution in [0.15, 0.2) is 36.5 Å². The Hall–Kier alpha value is -3.64. The molecule has 2 heterocycles. The average molecular weight is 529 g/mol. The number of pyridine rings is 1. The van der Waals surface area contributed by atoms with Gasteiger partial charge in [0.2, 0.25) is 0 Å². The number of likely N-dealkylation sites (tertiary alicyclic amines) is 1. The first-order valence-corrected chi connectivity index (χ1v) is 12.3. The number of aryl methyl sites for hydroxylation is 1. The molecular formula is C29H28F4N2O3. The van der Waals surface area contributed by atoms with Gasteiger partial charge < -0.3 is 9.84 Å². The van der Waals surface area contributed by atoms with Crippen LogP contribution in [0.25, 0.3) is 10.9 Å². The van der Waals surface area contributed by atoms with E-state index in [4.69, 9.17) is 4.74 Å². The quantitative estimate of drug-likeness (QED) is 0.232. The largest absolute Gasteiger partial charge is 0.497 e. The number of ether oxygens (including phenoxy) is 1. The van der Waals surface area contributed by atoms with Gasteiger partial charge in [0.15, 0.2) is 17.5 Å². The third-order valence-corrected chi connectivity index (χ3v) is 7.29. The van der Waals surface area contributed by atoms with Gasteiger partial charge in [-0.2, -0.15) is 0 Å². The van der Waals surface area contributed by atoms with Gasteiger partial charge in [0.05, 0.1) is 24.6 Å². The van der Waals surface area contributed by atoms with Crippen LogP contribution in [0.3, 0.4) is 0 Å². The minimum atomic E-state index is -1.54. The second-order valence-electron chi connectivity index (χ2n) is 9.66. The molecule has 1 fully saturated rings. The number of hydrogen-bond donors (Lipinski definition) is 1. The molecule has 9 heteroatoms. The Balaban J connectivity index is 1.41. The highest BCUT2D eigenvalue weighted by atomic mass is 19.2. The minimum Gasteiger partial charge on any atom is -0.497 e. The van der Waals surface area contributed by atoms with Crippen LogP contribution < -0.4 is 4.74 Å². The molecule has 5 nitrogen and oxygen atoms in total. The number of rotatable bonds is 7. The Labute approximate surface area is 218 Å². The number of piperidine rings is 1. The number of hydrogen-bond acceptors (Lipinski definition) is 4. The van der Waals surface area contributed by atoms with Gasteiger partial charge in [-0.15, -0.1) is 0 Å². The number of halogens is 4. The van der Waals surface area contributed by atoms with E-state index in [9.17, 15) is 23.1 Å². The summed E-state index contributed by atoms with van der Waals surface area (Å²) < 4.78 is 60.8. The molecule has 0 aliphatic carbocycles. The molecule has 1 aromatic heterocycles. The molecule has 0 amide bonds. The van der Waals surface area contributed by atoms with Crippen LogP contribution in [0.2, 0.25) is 0 Å². The maximum Gasteiger partial charge on any atom is 0.309 e. The van der Waals surface area contributed by atoms with Crippen molar-refractivity contribution in [2.75, 3.05) is 26.7 Å². The lowest BCUT2D eigenvalue weighted by Gasteiger charge is -2.38. The monoisotopic (exact) mass is 528 g/mol. The van der Waals surface area contributed by atoms with Crippen LogP contribution in [-0.2, 0) is 4.79 Å². The van der Waals surface area contributed by atoms with Crippen molar-refractivity contribution in [3.63, 3.8) is 0 Å². The van der Waals surface area contributed by atoms with Crippen molar-refractivity contribution in [1.82, 2.24) is 9.88 Å². The number of nitrogens with zero attached hydrogens (tertiary/aromatic N) is 2. The highest BCUT2D eigenvalue weighted by Gasteiger charge is 2.41. The standard InChI is InChI=1S/C29H28F4N2O3/c1-18-17-34-25-6-5-20(38-2)16-21(25)26(18)22(30)7-8-29(28(36)37)9-12-35(13-10-29)11-3-4-19-14-23(31)27(33)24(32)15-19/h5-6,14-17,22H,7-13H2,1-2H3,(H,36,37)/t22-/m1/s1.